The van der Waals surface area contributed by atoms with E-state index >= 15 is 0 Å². The van der Waals surface area contributed by atoms with Crippen molar-refractivity contribution in [3.8, 4) is 0 Å². The highest BCUT2D eigenvalue weighted by Gasteiger charge is 2.53. The third kappa shape index (κ3) is 0.847. The zero-order valence-corrected chi connectivity index (χ0v) is 7.87. The van der Waals surface area contributed by atoms with Crippen molar-refractivity contribution < 1.29 is 4.39 Å². The largest absolute Gasteiger partial charge is 0.244 e. The van der Waals surface area contributed by atoms with E-state index in [-0.39, 0.29) is 0 Å². The first-order valence-corrected chi connectivity index (χ1v) is 5.30. The Balaban J connectivity index is 2.00. The third-order valence-corrected chi connectivity index (χ3v) is 4.59. The molecule has 0 aromatic heterocycles. The van der Waals surface area contributed by atoms with Gasteiger partial charge in [0.25, 0.3) is 0 Å². The van der Waals surface area contributed by atoms with Crippen LogP contribution in [-0.2, 0) is 0 Å². The van der Waals surface area contributed by atoms with Gasteiger partial charge in [0.15, 0.2) is 0 Å². The van der Waals surface area contributed by atoms with E-state index in [0.29, 0.717) is 17.8 Å². The van der Waals surface area contributed by atoms with Crippen molar-refractivity contribution in [3.63, 3.8) is 0 Å². The van der Waals surface area contributed by atoms with Gasteiger partial charge in [0, 0.05) is 0 Å². The minimum absolute atomic E-state index is 0.469. The van der Waals surface area contributed by atoms with Gasteiger partial charge >= 0.3 is 0 Å². The van der Waals surface area contributed by atoms with Crippen LogP contribution in [0, 0.1) is 17.8 Å². The molecule has 0 radical (unpaired) electrons. The average molecular weight is 184 g/mol. The van der Waals surface area contributed by atoms with E-state index < -0.39 is 5.67 Å². The summed E-state index contributed by atoms with van der Waals surface area (Å²) in [5.74, 6) is 1.60. The molecular formula is C10H13FS. The molecule has 0 aromatic rings. The first-order chi connectivity index (χ1) is 5.66. The summed E-state index contributed by atoms with van der Waals surface area (Å²) in [5.41, 5.74) is -0.807. The maximum absolute atomic E-state index is 14.0. The lowest BCUT2D eigenvalue weighted by Gasteiger charge is -2.53. The molecule has 2 atom stereocenters. The standard InChI is InChI=1S/C10H13FS/c11-10-3-6-1-7(4-10)9(12)8(2-6)5-10/h6-8H,1-5H2. The number of rotatable bonds is 0. The molecule has 0 aromatic carbocycles. The summed E-state index contributed by atoms with van der Waals surface area (Å²) >= 11 is 5.36. The van der Waals surface area contributed by atoms with Gasteiger partial charge in [-0.05, 0) is 54.7 Å². The summed E-state index contributed by atoms with van der Waals surface area (Å²) in [4.78, 5) is 1.21. The molecule has 4 aliphatic carbocycles. The van der Waals surface area contributed by atoms with Crippen LogP contribution in [0.4, 0.5) is 4.39 Å². The Hall–Kier alpha value is 0.0200. The van der Waals surface area contributed by atoms with E-state index in [4.69, 9.17) is 12.2 Å². The van der Waals surface area contributed by atoms with Gasteiger partial charge in [0.2, 0.25) is 0 Å². The van der Waals surface area contributed by atoms with E-state index in [9.17, 15) is 4.39 Å². The fourth-order valence-corrected chi connectivity index (χ4v) is 4.01. The Kier molecular flexibility index (Phi) is 1.29. The third-order valence-electron chi connectivity index (χ3n) is 3.92. The molecule has 0 saturated heterocycles. The van der Waals surface area contributed by atoms with Crippen LogP contribution >= 0.6 is 12.2 Å². The predicted molar refractivity (Wildman–Crippen MR) is 50.0 cm³/mol. The molecular weight excluding hydrogens is 171 g/mol. The monoisotopic (exact) mass is 184 g/mol. The molecule has 4 saturated carbocycles. The van der Waals surface area contributed by atoms with Crippen molar-refractivity contribution in [3.05, 3.63) is 0 Å². The fraction of sp³-hybridized carbons (Fsp3) is 0.900. The number of hydrogen-bond donors (Lipinski definition) is 0. The Bertz CT molecular complexity index is 230. The number of hydrogen-bond acceptors (Lipinski definition) is 1. The fourth-order valence-electron chi connectivity index (χ4n) is 3.65. The normalized spacial score (nSPS) is 56.4. The second kappa shape index (κ2) is 2.09. The molecule has 0 aliphatic heterocycles. The lowest BCUT2D eigenvalue weighted by atomic mass is 9.55. The van der Waals surface area contributed by atoms with Gasteiger partial charge in [-0.3, -0.25) is 0 Å². The van der Waals surface area contributed by atoms with Crippen LogP contribution in [0.1, 0.15) is 32.1 Å². The molecule has 4 aliphatic rings. The second-order valence-corrected chi connectivity index (χ2v) is 5.37. The molecule has 0 N–H and O–H groups in total. The zero-order valence-electron chi connectivity index (χ0n) is 7.05. The summed E-state index contributed by atoms with van der Waals surface area (Å²) in [6.07, 6.45) is 4.72. The van der Waals surface area contributed by atoms with Gasteiger partial charge in [-0.1, -0.05) is 12.2 Å². The maximum atomic E-state index is 14.0. The van der Waals surface area contributed by atoms with Crippen molar-refractivity contribution in [2.24, 2.45) is 17.8 Å². The molecule has 4 bridgehead atoms. The second-order valence-electron chi connectivity index (χ2n) is 4.90. The Morgan fingerprint density at radius 3 is 2.25 bits per heavy atom. The minimum Gasteiger partial charge on any atom is -0.244 e. The van der Waals surface area contributed by atoms with Crippen LogP contribution in [-0.4, -0.2) is 10.5 Å². The topological polar surface area (TPSA) is 0 Å². The number of alkyl halides is 1. The quantitative estimate of drug-likeness (QED) is 0.522. The highest BCUT2D eigenvalue weighted by Crippen LogP contribution is 2.56. The lowest BCUT2D eigenvalue weighted by Crippen LogP contribution is -2.52. The Morgan fingerprint density at radius 1 is 1.17 bits per heavy atom. The summed E-state index contributed by atoms with van der Waals surface area (Å²) in [7, 11) is 0. The van der Waals surface area contributed by atoms with Crippen molar-refractivity contribution >= 4 is 17.1 Å². The van der Waals surface area contributed by atoms with Gasteiger partial charge in [-0.15, -0.1) is 0 Å². The molecule has 4 fully saturated rings. The summed E-state index contributed by atoms with van der Waals surface area (Å²) in [6.45, 7) is 0. The van der Waals surface area contributed by atoms with Gasteiger partial charge in [0.1, 0.15) is 5.67 Å². The van der Waals surface area contributed by atoms with Gasteiger partial charge in [-0.25, -0.2) is 4.39 Å². The number of thiocarbonyl (C=S) groups is 1. The molecule has 4 rings (SSSR count). The van der Waals surface area contributed by atoms with Crippen molar-refractivity contribution in [1.82, 2.24) is 0 Å². The molecule has 0 amide bonds. The van der Waals surface area contributed by atoms with Crippen LogP contribution in [0.15, 0.2) is 0 Å². The first kappa shape index (κ1) is 7.43. The van der Waals surface area contributed by atoms with Gasteiger partial charge in [-0.2, -0.15) is 0 Å². The first-order valence-electron chi connectivity index (χ1n) is 4.89. The van der Waals surface area contributed by atoms with Gasteiger partial charge < -0.3 is 0 Å². The van der Waals surface area contributed by atoms with E-state index in [0.717, 1.165) is 19.3 Å². The number of halogens is 1. The van der Waals surface area contributed by atoms with Crippen molar-refractivity contribution in [1.29, 1.82) is 0 Å². The van der Waals surface area contributed by atoms with E-state index in [1.807, 2.05) is 0 Å². The molecule has 66 valence electrons. The zero-order chi connectivity index (χ0) is 8.34. The predicted octanol–water partition coefficient (Wildman–Crippen LogP) is 2.90. The molecule has 0 spiro atoms. The van der Waals surface area contributed by atoms with Crippen molar-refractivity contribution in [2.45, 2.75) is 37.8 Å². The van der Waals surface area contributed by atoms with Crippen LogP contribution in [0.2, 0.25) is 0 Å². The maximum Gasteiger partial charge on any atom is 0.112 e. The highest BCUT2D eigenvalue weighted by molar-refractivity contribution is 7.80. The molecule has 0 heterocycles. The molecule has 12 heavy (non-hydrogen) atoms. The minimum atomic E-state index is -0.807. The average Bonchev–Trinajstić information content (AvgIpc) is 1.96. The van der Waals surface area contributed by atoms with Crippen LogP contribution < -0.4 is 0 Å². The molecule has 2 heteroatoms. The summed E-state index contributed by atoms with van der Waals surface area (Å²) in [5, 5.41) is 0. The van der Waals surface area contributed by atoms with E-state index in [1.54, 1.807) is 0 Å². The smallest absolute Gasteiger partial charge is 0.112 e. The summed E-state index contributed by atoms with van der Waals surface area (Å²) < 4.78 is 14.0. The van der Waals surface area contributed by atoms with Gasteiger partial charge in [0.05, 0.1) is 0 Å². The Morgan fingerprint density at radius 2 is 1.75 bits per heavy atom. The van der Waals surface area contributed by atoms with E-state index in [2.05, 4.69) is 0 Å². The van der Waals surface area contributed by atoms with Crippen LogP contribution in [0.5, 0.6) is 0 Å². The van der Waals surface area contributed by atoms with Crippen LogP contribution in [0.25, 0.3) is 0 Å². The van der Waals surface area contributed by atoms with E-state index in [1.165, 1.54) is 17.7 Å². The summed E-state index contributed by atoms with van der Waals surface area (Å²) in [6, 6.07) is 0. The highest BCUT2D eigenvalue weighted by atomic mass is 32.1. The van der Waals surface area contributed by atoms with Crippen molar-refractivity contribution in [2.75, 3.05) is 0 Å². The van der Waals surface area contributed by atoms with Crippen LogP contribution in [0.3, 0.4) is 0 Å². The Labute approximate surface area is 77.5 Å². The molecule has 0 nitrogen and oxygen atoms in total. The lowest BCUT2D eigenvalue weighted by molar-refractivity contribution is -0.0152. The SMILES string of the molecule is FC12CC3CC(C1)C(=S)C(C3)C2. The molecule has 2 unspecified atom stereocenters.